The first-order chi connectivity index (χ1) is 8.72. The van der Waals surface area contributed by atoms with E-state index in [0.717, 1.165) is 19.4 Å². The number of hydrogen-bond acceptors (Lipinski definition) is 3. The van der Waals surface area contributed by atoms with Crippen molar-refractivity contribution in [3.63, 3.8) is 0 Å². The van der Waals surface area contributed by atoms with Gasteiger partial charge in [-0.1, -0.05) is 19.3 Å². The summed E-state index contributed by atoms with van der Waals surface area (Å²) in [6, 6.07) is -0.253. The SMILES string of the molecule is CNC(=O)[C@H]1CN(C(=O)C2CCCCC2)CCN1. The van der Waals surface area contributed by atoms with E-state index in [1.165, 1.54) is 19.3 Å². The molecule has 1 saturated carbocycles. The highest BCUT2D eigenvalue weighted by Gasteiger charge is 2.31. The third kappa shape index (κ3) is 3.02. The van der Waals surface area contributed by atoms with Crippen molar-refractivity contribution >= 4 is 11.8 Å². The summed E-state index contributed by atoms with van der Waals surface area (Å²) in [7, 11) is 1.63. The molecule has 0 bridgehead atoms. The maximum atomic E-state index is 12.4. The minimum Gasteiger partial charge on any atom is -0.358 e. The van der Waals surface area contributed by atoms with Gasteiger partial charge in [0.1, 0.15) is 6.04 Å². The van der Waals surface area contributed by atoms with Gasteiger partial charge < -0.3 is 15.5 Å². The molecule has 0 aromatic heterocycles. The van der Waals surface area contributed by atoms with E-state index in [1.54, 1.807) is 7.05 Å². The fraction of sp³-hybridized carbons (Fsp3) is 0.846. The van der Waals surface area contributed by atoms with Crippen molar-refractivity contribution in [3.05, 3.63) is 0 Å². The molecular formula is C13H23N3O2. The van der Waals surface area contributed by atoms with Gasteiger partial charge in [0.15, 0.2) is 0 Å². The summed E-state index contributed by atoms with van der Waals surface area (Å²) in [4.78, 5) is 25.8. The summed E-state index contributed by atoms with van der Waals surface area (Å²) < 4.78 is 0. The molecule has 0 unspecified atom stereocenters. The van der Waals surface area contributed by atoms with Crippen molar-refractivity contribution in [2.75, 3.05) is 26.7 Å². The fourth-order valence-electron chi connectivity index (χ4n) is 2.91. The molecule has 0 spiro atoms. The maximum absolute atomic E-state index is 12.4. The van der Waals surface area contributed by atoms with Crippen LogP contribution in [0.2, 0.25) is 0 Å². The first-order valence-electron chi connectivity index (χ1n) is 6.96. The quantitative estimate of drug-likeness (QED) is 0.734. The van der Waals surface area contributed by atoms with Crippen LogP contribution in [0.1, 0.15) is 32.1 Å². The van der Waals surface area contributed by atoms with Crippen LogP contribution in [-0.4, -0.2) is 49.4 Å². The zero-order valence-electron chi connectivity index (χ0n) is 11.1. The lowest BCUT2D eigenvalue weighted by atomic mass is 9.88. The number of rotatable bonds is 2. The molecule has 0 radical (unpaired) electrons. The Labute approximate surface area is 108 Å². The van der Waals surface area contributed by atoms with Crippen LogP contribution < -0.4 is 10.6 Å². The van der Waals surface area contributed by atoms with Crippen LogP contribution in [0.4, 0.5) is 0 Å². The van der Waals surface area contributed by atoms with Crippen molar-refractivity contribution in [1.82, 2.24) is 15.5 Å². The van der Waals surface area contributed by atoms with Crippen LogP contribution >= 0.6 is 0 Å². The average molecular weight is 253 g/mol. The number of nitrogens with one attached hydrogen (secondary N) is 2. The molecule has 2 amide bonds. The Morgan fingerprint density at radius 3 is 2.61 bits per heavy atom. The molecule has 5 nitrogen and oxygen atoms in total. The summed E-state index contributed by atoms with van der Waals surface area (Å²) in [6.45, 7) is 1.94. The van der Waals surface area contributed by atoms with Crippen LogP contribution in [0.3, 0.4) is 0 Å². The van der Waals surface area contributed by atoms with E-state index in [1.807, 2.05) is 4.90 Å². The Morgan fingerprint density at radius 1 is 1.22 bits per heavy atom. The summed E-state index contributed by atoms with van der Waals surface area (Å²) in [5.74, 6) is 0.420. The van der Waals surface area contributed by atoms with Gasteiger partial charge in [0.2, 0.25) is 11.8 Å². The van der Waals surface area contributed by atoms with Crippen molar-refractivity contribution < 1.29 is 9.59 Å². The molecule has 1 aliphatic heterocycles. The van der Waals surface area contributed by atoms with Crippen molar-refractivity contribution in [2.24, 2.45) is 5.92 Å². The lowest BCUT2D eigenvalue weighted by Crippen LogP contribution is -2.58. The lowest BCUT2D eigenvalue weighted by Gasteiger charge is -2.35. The van der Waals surface area contributed by atoms with Crippen LogP contribution in [0.25, 0.3) is 0 Å². The molecule has 2 N–H and O–H groups in total. The molecule has 1 saturated heterocycles. The van der Waals surface area contributed by atoms with Crippen LogP contribution in [0, 0.1) is 5.92 Å². The smallest absolute Gasteiger partial charge is 0.238 e. The predicted octanol–water partition coefficient (Wildman–Crippen LogP) is 0.113. The van der Waals surface area contributed by atoms with Crippen molar-refractivity contribution in [2.45, 2.75) is 38.1 Å². The fourth-order valence-corrected chi connectivity index (χ4v) is 2.91. The second kappa shape index (κ2) is 6.18. The Kier molecular flexibility index (Phi) is 4.58. The van der Waals surface area contributed by atoms with Crippen LogP contribution in [-0.2, 0) is 9.59 Å². The average Bonchev–Trinajstić information content (AvgIpc) is 2.46. The van der Waals surface area contributed by atoms with Crippen molar-refractivity contribution in [1.29, 1.82) is 0 Å². The lowest BCUT2D eigenvalue weighted by molar-refractivity contribution is -0.138. The van der Waals surface area contributed by atoms with E-state index in [9.17, 15) is 9.59 Å². The van der Waals surface area contributed by atoms with Gasteiger partial charge in [0, 0.05) is 32.6 Å². The Balaban J connectivity index is 1.91. The number of carbonyl (C=O) groups excluding carboxylic acids is 2. The van der Waals surface area contributed by atoms with Gasteiger partial charge in [-0.15, -0.1) is 0 Å². The molecule has 5 heteroatoms. The molecule has 1 heterocycles. The summed E-state index contributed by atoms with van der Waals surface area (Å²) in [5.41, 5.74) is 0. The molecule has 0 aromatic rings. The van der Waals surface area contributed by atoms with E-state index in [0.29, 0.717) is 13.1 Å². The molecule has 2 rings (SSSR count). The van der Waals surface area contributed by atoms with E-state index in [-0.39, 0.29) is 23.8 Å². The van der Waals surface area contributed by atoms with Gasteiger partial charge >= 0.3 is 0 Å². The highest BCUT2D eigenvalue weighted by atomic mass is 16.2. The second-order valence-electron chi connectivity index (χ2n) is 5.24. The van der Waals surface area contributed by atoms with Gasteiger partial charge in [-0.2, -0.15) is 0 Å². The first-order valence-corrected chi connectivity index (χ1v) is 6.96. The molecule has 102 valence electrons. The Morgan fingerprint density at radius 2 is 1.94 bits per heavy atom. The summed E-state index contributed by atoms with van der Waals surface area (Å²) in [5, 5.41) is 5.79. The van der Waals surface area contributed by atoms with Gasteiger partial charge in [-0.3, -0.25) is 9.59 Å². The molecule has 0 aromatic carbocycles. The third-order valence-electron chi connectivity index (χ3n) is 4.00. The molecule has 1 atom stereocenters. The molecular weight excluding hydrogens is 230 g/mol. The topological polar surface area (TPSA) is 61.4 Å². The number of carbonyl (C=O) groups is 2. The molecule has 18 heavy (non-hydrogen) atoms. The van der Waals surface area contributed by atoms with E-state index in [4.69, 9.17) is 0 Å². The monoisotopic (exact) mass is 253 g/mol. The Bertz CT molecular complexity index is 313. The summed E-state index contributed by atoms with van der Waals surface area (Å²) in [6.07, 6.45) is 5.63. The number of hydrogen-bond donors (Lipinski definition) is 2. The largest absolute Gasteiger partial charge is 0.358 e. The minimum atomic E-state index is -0.253. The number of amides is 2. The number of piperazine rings is 1. The van der Waals surface area contributed by atoms with Crippen LogP contribution in [0.5, 0.6) is 0 Å². The standard InChI is InChI=1S/C13H23N3O2/c1-14-12(17)11-9-16(8-7-15-11)13(18)10-5-3-2-4-6-10/h10-11,15H,2-9H2,1H3,(H,14,17)/t11-/m1/s1. The second-order valence-corrected chi connectivity index (χ2v) is 5.24. The third-order valence-corrected chi connectivity index (χ3v) is 4.00. The normalized spacial score (nSPS) is 25.8. The van der Waals surface area contributed by atoms with Crippen LogP contribution in [0.15, 0.2) is 0 Å². The summed E-state index contributed by atoms with van der Waals surface area (Å²) >= 11 is 0. The minimum absolute atomic E-state index is 0.0313. The first kappa shape index (κ1) is 13.3. The number of nitrogens with zero attached hydrogens (tertiary/aromatic N) is 1. The molecule has 2 fully saturated rings. The zero-order chi connectivity index (χ0) is 13.0. The highest BCUT2D eigenvalue weighted by molar-refractivity contribution is 5.84. The van der Waals surface area contributed by atoms with E-state index < -0.39 is 0 Å². The van der Waals surface area contributed by atoms with Gasteiger partial charge in [0.25, 0.3) is 0 Å². The number of likely N-dealkylation sites (N-methyl/N-ethyl adjacent to an activating group) is 1. The van der Waals surface area contributed by atoms with E-state index in [2.05, 4.69) is 10.6 Å². The van der Waals surface area contributed by atoms with Gasteiger partial charge in [-0.05, 0) is 12.8 Å². The maximum Gasteiger partial charge on any atom is 0.238 e. The van der Waals surface area contributed by atoms with E-state index >= 15 is 0 Å². The predicted molar refractivity (Wildman–Crippen MR) is 69.0 cm³/mol. The highest BCUT2D eigenvalue weighted by Crippen LogP contribution is 2.25. The Hall–Kier alpha value is -1.10. The van der Waals surface area contributed by atoms with Crippen molar-refractivity contribution in [3.8, 4) is 0 Å². The van der Waals surface area contributed by atoms with Gasteiger partial charge in [-0.25, -0.2) is 0 Å². The zero-order valence-corrected chi connectivity index (χ0v) is 11.1. The molecule has 1 aliphatic carbocycles. The van der Waals surface area contributed by atoms with Gasteiger partial charge in [0.05, 0.1) is 0 Å². The molecule has 2 aliphatic rings.